The van der Waals surface area contributed by atoms with Crippen molar-refractivity contribution in [2.24, 2.45) is 4.99 Å². The van der Waals surface area contributed by atoms with Crippen molar-refractivity contribution in [2.75, 3.05) is 59.4 Å². The van der Waals surface area contributed by atoms with E-state index in [1.54, 1.807) is 0 Å². The quantitative estimate of drug-likeness (QED) is 0.164. The predicted molar refractivity (Wildman–Crippen MR) is 137 cm³/mol. The van der Waals surface area contributed by atoms with Gasteiger partial charge in [0.1, 0.15) is 0 Å². The molecule has 0 radical (unpaired) electrons. The molecule has 0 aromatic rings. The zero-order valence-electron chi connectivity index (χ0n) is 19.3. The highest BCUT2D eigenvalue weighted by molar-refractivity contribution is 14.0. The summed E-state index contributed by atoms with van der Waals surface area (Å²) in [5, 5.41) is 9.99. The minimum absolute atomic E-state index is 0. The maximum atomic E-state index is 11.9. The molecule has 8 heteroatoms. The number of guanidine groups is 1. The Labute approximate surface area is 201 Å². The monoisotopic (exact) mass is 536 g/mol. The van der Waals surface area contributed by atoms with Gasteiger partial charge in [-0.3, -0.25) is 14.7 Å². The standard InChI is InChI=1S/C22H44N6O.HI/c1-3-12-24-21(29)19-28-17-10-20(11-18-28)26-22(23-2)25-13-6-4-7-14-27-15-8-5-9-16-27;/h20H,3-19H2,1-2H3,(H,24,29)(H2,23,25,26);1H. The highest BCUT2D eigenvalue weighted by Gasteiger charge is 2.21. The Morgan fingerprint density at radius 1 is 0.933 bits per heavy atom. The maximum absolute atomic E-state index is 11.9. The van der Waals surface area contributed by atoms with E-state index in [9.17, 15) is 4.79 Å². The normalized spacial score (nSPS) is 19.2. The summed E-state index contributed by atoms with van der Waals surface area (Å²) in [5.74, 6) is 1.07. The number of likely N-dealkylation sites (tertiary alicyclic amines) is 2. The van der Waals surface area contributed by atoms with E-state index in [0.29, 0.717) is 12.6 Å². The van der Waals surface area contributed by atoms with Gasteiger partial charge < -0.3 is 20.9 Å². The average molecular weight is 537 g/mol. The molecule has 0 aliphatic carbocycles. The zero-order chi connectivity index (χ0) is 20.7. The van der Waals surface area contributed by atoms with E-state index in [2.05, 4.69) is 37.7 Å². The van der Waals surface area contributed by atoms with E-state index < -0.39 is 0 Å². The summed E-state index contributed by atoms with van der Waals surface area (Å²) < 4.78 is 0. The summed E-state index contributed by atoms with van der Waals surface area (Å²) in [6, 6.07) is 0.440. The van der Waals surface area contributed by atoms with Crippen molar-refractivity contribution in [3.05, 3.63) is 0 Å². The molecule has 0 aromatic carbocycles. The van der Waals surface area contributed by atoms with E-state index in [4.69, 9.17) is 0 Å². The molecule has 0 atom stereocenters. The zero-order valence-corrected chi connectivity index (χ0v) is 21.6. The van der Waals surface area contributed by atoms with Crippen LogP contribution < -0.4 is 16.0 Å². The number of carbonyl (C=O) groups is 1. The van der Waals surface area contributed by atoms with Gasteiger partial charge in [-0.1, -0.05) is 19.8 Å². The largest absolute Gasteiger partial charge is 0.356 e. The van der Waals surface area contributed by atoms with Crippen LogP contribution in [0.25, 0.3) is 0 Å². The highest BCUT2D eigenvalue weighted by Crippen LogP contribution is 2.11. The molecule has 2 rings (SSSR count). The number of aliphatic imine (C=N–C) groups is 1. The second-order valence-corrected chi connectivity index (χ2v) is 8.51. The Bertz CT molecular complexity index is 476. The van der Waals surface area contributed by atoms with Crippen LogP contribution in [0.4, 0.5) is 0 Å². The van der Waals surface area contributed by atoms with Gasteiger partial charge in [-0.2, -0.15) is 0 Å². The van der Waals surface area contributed by atoms with Gasteiger partial charge in [0.25, 0.3) is 0 Å². The van der Waals surface area contributed by atoms with Gasteiger partial charge in [-0.25, -0.2) is 0 Å². The molecule has 2 saturated heterocycles. The SMILES string of the molecule is CCCNC(=O)CN1CCC(NC(=NC)NCCCCCN2CCCCC2)CC1.I. The van der Waals surface area contributed by atoms with Crippen LogP contribution >= 0.6 is 24.0 Å². The number of halogens is 1. The number of hydrogen-bond donors (Lipinski definition) is 3. The number of piperidine rings is 2. The Hall–Kier alpha value is -0.610. The second kappa shape index (κ2) is 17.0. The van der Waals surface area contributed by atoms with Crippen LogP contribution in [0, 0.1) is 0 Å². The molecule has 0 spiro atoms. The number of hydrogen-bond acceptors (Lipinski definition) is 4. The molecule has 1 amide bonds. The summed E-state index contributed by atoms with van der Waals surface area (Å²) in [7, 11) is 1.85. The van der Waals surface area contributed by atoms with Crippen molar-refractivity contribution in [3.8, 4) is 0 Å². The van der Waals surface area contributed by atoms with Crippen LogP contribution in [0.3, 0.4) is 0 Å². The Morgan fingerprint density at radius 3 is 2.33 bits per heavy atom. The van der Waals surface area contributed by atoms with E-state index in [1.165, 1.54) is 58.2 Å². The third kappa shape index (κ3) is 11.7. The molecule has 2 heterocycles. The first-order valence-corrected chi connectivity index (χ1v) is 11.9. The molecule has 2 aliphatic rings. The van der Waals surface area contributed by atoms with Gasteiger partial charge in [0.05, 0.1) is 6.54 Å². The Balaban J connectivity index is 0.00000450. The molecule has 2 aliphatic heterocycles. The van der Waals surface area contributed by atoms with Crippen molar-refractivity contribution in [2.45, 2.75) is 70.8 Å². The molecule has 30 heavy (non-hydrogen) atoms. The second-order valence-electron chi connectivity index (χ2n) is 8.51. The molecule has 0 bridgehead atoms. The lowest BCUT2D eigenvalue weighted by atomic mass is 10.1. The summed E-state index contributed by atoms with van der Waals surface area (Å²) in [6.45, 7) is 10.2. The Morgan fingerprint density at radius 2 is 1.67 bits per heavy atom. The fraction of sp³-hybridized carbons (Fsp3) is 0.909. The fourth-order valence-corrected chi connectivity index (χ4v) is 4.17. The molecule has 7 nitrogen and oxygen atoms in total. The molecule has 0 aromatic heterocycles. The minimum Gasteiger partial charge on any atom is -0.356 e. The lowest BCUT2D eigenvalue weighted by molar-refractivity contribution is -0.122. The van der Waals surface area contributed by atoms with E-state index in [0.717, 1.165) is 51.4 Å². The molecule has 176 valence electrons. The van der Waals surface area contributed by atoms with Crippen molar-refractivity contribution in [3.63, 3.8) is 0 Å². The van der Waals surface area contributed by atoms with Gasteiger partial charge in [0.15, 0.2) is 5.96 Å². The van der Waals surface area contributed by atoms with Crippen LogP contribution in [-0.2, 0) is 4.79 Å². The van der Waals surface area contributed by atoms with E-state index in [1.807, 2.05) is 7.05 Å². The first-order chi connectivity index (χ1) is 14.2. The van der Waals surface area contributed by atoms with E-state index in [-0.39, 0.29) is 29.9 Å². The van der Waals surface area contributed by atoms with E-state index >= 15 is 0 Å². The van der Waals surface area contributed by atoms with Crippen LogP contribution in [0.1, 0.15) is 64.7 Å². The maximum Gasteiger partial charge on any atom is 0.234 e. The van der Waals surface area contributed by atoms with Gasteiger partial charge >= 0.3 is 0 Å². The number of unbranched alkanes of at least 4 members (excludes halogenated alkanes) is 2. The molecule has 0 unspecified atom stereocenters. The molecular formula is C22H45IN6O. The summed E-state index contributed by atoms with van der Waals surface area (Å²) >= 11 is 0. The molecule has 0 saturated carbocycles. The van der Waals surface area contributed by atoms with Crippen molar-refractivity contribution < 1.29 is 4.79 Å². The summed E-state index contributed by atoms with van der Waals surface area (Å²) in [6.07, 6.45) is 11.1. The number of carbonyl (C=O) groups excluding carboxylic acids is 1. The van der Waals surface area contributed by atoms with Gasteiger partial charge in [0.2, 0.25) is 5.91 Å². The molecule has 2 fully saturated rings. The lowest BCUT2D eigenvalue weighted by Crippen LogP contribution is -2.50. The summed E-state index contributed by atoms with van der Waals surface area (Å²) in [4.78, 5) is 21.1. The highest BCUT2D eigenvalue weighted by atomic mass is 127. The molecular weight excluding hydrogens is 491 g/mol. The van der Waals surface area contributed by atoms with Gasteiger partial charge in [0, 0.05) is 39.3 Å². The predicted octanol–water partition coefficient (Wildman–Crippen LogP) is 2.42. The Kier molecular flexibility index (Phi) is 15.5. The van der Waals surface area contributed by atoms with Crippen molar-refractivity contribution in [1.29, 1.82) is 0 Å². The first kappa shape index (κ1) is 27.4. The van der Waals surface area contributed by atoms with Crippen LogP contribution in [0.2, 0.25) is 0 Å². The smallest absolute Gasteiger partial charge is 0.234 e. The number of amides is 1. The molecule has 3 N–H and O–H groups in total. The first-order valence-electron chi connectivity index (χ1n) is 11.9. The average Bonchev–Trinajstić information content (AvgIpc) is 2.75. The van der Waals surface area contributed by atoms with Crippen LogP contribution in [0.15, 0.2) is 4.99 Å². The van der Waals surface area contributed by atoms with Crippen LogP contribution in [-0.4, -0.2) is 87.1 Å². The van der Waals surface area contributed by atoms with Gasteiger partial charge in [-0.05, 0) is 64.6 Å². The number of rotatable bonds is 11. The van der Waals surface area contributed by atoms with Gasteiger partial charge in [-0.15, -0.1) is 24.0 Å². The van der Waals surface area contributed by atoms with Crippen LogP contribution in [0.5, 0.6) is 0 Å². The van der Waals surface area contributed by atoms with Crippen molar-refractivity contribution >= 4 is 35.8 Å². The topological polar surface area (TPSA) is 72.0 Å². The third-order valence-electron chi connectivity index (χ3n) is 5.98. The minimum atomic E-state index is 0. The fourth-order valence-electron chi connectivity index (χ4n) is 4.17. The number of nitrogens with zero attached hydrogens (tertiary/aromatic N) is 3. The van der Waals surface area contributed by atoms with Crippen molar-refractivity contribution in [1.82, 2.24) is 25.8 Å². The number of nitrogens with one attached hydrogen (secondary N) is 3. The lowest BCUT2D eigenvalue weighted by Gasteiger charge is -2.32. The third-order valence-corrected chi connectivity index (χ3v) is 5.98. The summed E-state index contributed by atoms with van der Waals surface area (Å²) in [5.41, 5.74) is 0.